The van der Waals surface area contributed by atoms with E-state index < -0.39 is 57.6 Å². The number of sulfonamides is 3. The molecule has 47 heavy (non-hydrogen) atoms. The van der Waals surface area contributed by atoms with Gasteiger partial charge in [-0.1, -0.05) is 46.2 Å². The van der Waals surface area contributed by atoms with E-state index >= 15 is 0 Å². The average Bonchev–Trinajstić information content (AvgIpc) is 3.11. The third-order valence-corrected chi connectivity index (χ3v) is 12.4. The molecule has 2 aromatic carbocycles. The number of hydrogen-bond donors (Lipinski definition) is 4. The first-order chi connectivity index (χ1) is 21.8. The molecule has 0 saturated carbocycles. The number of carboxylic acid groups (broad SMARTS) is 1. The van der Waals surface area contributed by atoms with Gasteiger partial charge in [0.15, 0.2) is 4.90 Å². The number of aliphatic carboxylic acids is 1. The normalized spacial score (nSPS) is 19.1. The van der Waals surface area contributed by atoms with E-state index in [0.29, 0.717) is 37.7 Å². The summed E-state index contributed by atoms with van der Waals surface area (Å²) in [6.07, 6.45) is 3.48. The third kappa shape index (κ3) is 10.2. The molecule has 2 unspecified atom stereocenters. The summed E-state index contributed by atoms with van der Waals surface area (Å²) in [7, 11) is -11.8. The molecule has 0 bridgehead atoms. The molecule has 0 radical (unpaired) electrons. The van der Waals surface area contributed by atoms with Crippen LogP contribution >= 0.6 is 0 Å². The Kier molecular flexibility index (Phi) is 12.9. The Balaban J connectivity index is 0.000000262. The first-order valence-electron chi connectivity index (χ1n) is 15.2. The van der Waals surface area contributed by atoms with Gasteiger partial charge in [-0.25, -0.2) is 30.0 Å². The zero-order valence-electron chi connectivity index (χ0n) is 26.7. The van der Waals surface area contributed by atoms with Gasteiger partial charge in [-0.2, -0.15) is 9.03 Å². The Morgan fingerprint density at radius 2 is 1.68 bits per heavy atom. The fraction of sp³-hybridized carbons (Fsp3) is 0.552. The maximum Gasteiger partial charge on any atom is 0.321 e. The predicted octanol–water partition coefficient (Wildman–Crippen LogP) is 3.35. The van der Waals surface area contributed by atoms with Crippen molar-refractivity contribution < 1.29 is 40.1 Å². The average molecular weight is 718 g/mol. The van der Waals surface area contributed by atoms with Crippen LogP contribution in [0.4, 0.5) is 11.4 Å². The van der Waals surface area contributed by atoms with Gasteiger partial charge in [0.2, 0.25) is 30.1 Å². The number of benzene rings is 2. The van der Waals surface area contributed by atoms with E-state index in [1.54, 1.807) is 19.9 Å². The SMILES string of the molecule is CC(C)CC(NS(=O)(=O)c1ccccc1[N+](=O)[O-])C(=O)O.CC(C)CC1CNc2ccc(S(=O)(=O)N3CCCCC3)cc2S(=O)(=O)N1. The van der Waals surface area contributed by atoms with Crippen molar-refractivity contribution in [3.8, 4) is 0 Å². The summed E-state index contributed by atoms with van der Waals surface area (Å²) >= 11 is 0. The molecule has 2 heterocycles. The van der Waals surface area contributed by atoms with Crippen LogP contribution in [0.5, 0.6) is 0 Å². The minimum Gasteiger partial charge on any atom is -0.480 e. The van der Waals surface area contributed by atoms with Gasteiger partial charge in [-0.05, 0) is 61.8 Å². The van der Waals surface area contributed by atoms with Crippen molar-refractivity contribution in [1.29, 1.82) is 0 Å². The second kappa shape index (κ2) is 15.8. The molecule has 0 aliphatic carbocycles. The quantitative estimate of drug-likeness (QED) is 0.195. The number of piperidine rings is 1. The molecule has 2 aliphatic heterocycles. The monoisotopic (exact) mass is 717 g/mol. The van der Waals surface area contributed by atoms with Crippen LogP contribution < -0.4 is 14.8 Å². The van der Waals surface area contributed by atoms with Gasteiger partial charge in [0.1, 0.15) is 10.9 Å². The zero-order valence-corrected chi connectivity index (χ0v) is 29.2. The minimum absolute atomic E-state index is 0.00170. The topological polar surface area (TPSA) is 222 Å². The second-order valence-electron chi connectivity index (χ2n) is 12.3. The van der Waals surface area contributed by atoms with E-state index in [0.717, 1.165) is 31.4 Å². The van der Waals surface area contributed by atoms with E-state index in [1.165, 1.54) is 28.6 Å². The summed E-state index contributed by atoms with van der Waals surface area (Å²) in [4.78, 5) is 20.6. The maximum atomic E-state index is 12.9. The second-order valence-corrected chi connectivity index (χ2v) is 17.6. The highest BCUT2D eigenvalue weighted by atomic mass is 32.2. The minimum atomic E-state index is -4.30. The molecule has 2 aliphatic rings. The Morgan fingerprint density at radius 3 is 2.26 bits per heavy atom. The highest BCUT2D eigenvalue weighted by molar-refractivity contribution is 7.90. The standard InChI is InChI=1S/C17H27N3O4S2.C12H16N2O6S/c1-13(2)10-14-12-18-16-7-6-15(11-17(16)25(21,22)19-14)26(23,24)20-8-4-3-5-9-20;1-8(2)7-9(12(15)16)13-21(19,20)11-6-4-3-5-10(11)14(17)18/h6-7,11,13-14,18-19H,3-5,8-10,12H2,1-2H3;3-6,8-9,13H,7H2,1-2H3,(H,15,16). The Bertz CT molecular complexity index is 1760. The number of para-hydroxylation sites is 1. The number of carboxylic acids is 1. The van der Waals surface area contributed by atoms with Gasteiger partial charge in [-0.3, -0.25) is 14.9 Å². The van der Waals surface area contributed by atoms with Gasteiger partial charge in [0.05, 0.1) is 15.5 Å². The number of nitro benzene ring substituents is 1. The van der Waals surface area contributed by atoms with Gasteiger partial charge in [-0.15, -0.1) is 0 Å². The first kappa shape index (κ1) is 38.3. The Hall–Kier alpha value is -3.16. The van der Waals surface area contributed by atoms with Crippen LogP contribution in [0.25, 0.3) is 0 Å². The number of nitrogens with zero attached hydrogens (tertiary/aromatic N) is 2. The lowest BCUT2D eigenvalue weighted by atomic mass is 10.0. The van der Waals surface area contributed by atoms with E-state index in [-0.39, 0.29) is 28.2 Å². The number of nitro groups is 1. The van der Waals surface area contributed by atoms with Crippen molar-refractivity contribution in [2.45, 2.75) is 86.6 Å². The summed E-state index contributed by atoms with van der Waals surface area (Å²) in [6.45, 7) is 9.01. The molecule has 2 aromatic rings. The number of fused-ring (bicyclic) bond motifs is 1. The van der Waals surface area contributed by atoms with Crippen LogP contribution in [0.2, 0.25) is 0 Å². The lowest BCUT2D eigenvalue weighted by Gasteiger charge is -2.26. The first-order valence-corrected chi connectivity index (χ1v) is 19.6. The molecule has 0 amide bonds. The van der Waals surface area contributed by atoms with Gasteiger partial charge in [0, 0.05) is 31.7 Å². The van der Waals surface area contributed by atoms with E-state index in [9.17, 15) is 40.2 Å². The van der Waals surface area contributed by atoms with Crippen LogP contribution in [-0.4, -0.2) is 77.3 Å². The predicted molar refractivity (Wildman–Crippen MR) is 175 cm³/mol. The van der Waals surface area contributed by atoms with Crippen LogP contribution in [0.1, 0.15) is 59.8 Å². The Labute approximate surface area is 276 Å². The van der Waals surface area contributed by atoms with Gasteiger partial charge in [0.25, 0.3) is 5.69 Å². The lowest BCUT2D eigenvalue weighted by Crippen LogP contribution is -2.41. The smallest absolute Gasteiger partial charge is 0.321 e. The van der Waals surface area contributed by atoms with E-state index in [4.69, 9.17) is 5.11 Å². The summed E-state index contributed by atoms with van der Waals surface area (Å²) in [5, 5.41) is 23.1. The molecule has 262 valence electrons. The van der Waals surface area contributed by atoms with E-state index in [1.807, 2.05) is 18.6 Å². The molecule has 0 aromatic heterocycles. The lowest BCUT2D eigenvalue weighted by molar-refractivity contribution is -0.387. The molecule has 18 heteroatoms. The van der Waals surface area contributed by atoms with Crippen molar-refractivity contribution >= 4 is 47.4 Å². The van der Waals surface area contributed by atoms with Crippen molar-refractivity contribution in [1.82, 2.24) is 13.7 Å². The summed E-state index contributed by atoms with van der Waals surface area (Å²) < 4.78 is 81.8. The van der Waals surface area contributed by atoms with Crippen LogP contribution in [0.3, 0.4) is 0 Å². The molecular weight excluding hydrogens is 675 g/mol. The highest BCUT2D eigenvalue weighted by Gasteiger charge is 2.33. The maximum absolute atomic E-state index is 12.9. The van der Waals surface area contributed by atoms with Gasteiger partial charge >= 0.3 is 5.97 Å². The molecule has 4 rings (SSSR count). The molecule has 15 nitrogen and oxygen atoms in total. The largest absolute Gasteiger partial charge is 0.480 e. The van der Waals surface area contributed by atoms with Crippen molar-refractivity contribution in [3.05, 3.63) is 52.6 Å². The fourth-order valence-corrected chi connectivity index (χ4v) is 9.75. The van der Waals surface area contributed by atoms with Crippen molar-refractivity contribution in [2.24, 2.45) is 11.8 Å². The number of nitrogens with one attached hydrogen (secondary N) is 3. The Morgan fingerprint density at radius 1 is 1.04 bits per heavy atom. The van der Waals surface area contributed by atoms with Gasteiger partial charge < -0.3 is 10.4 Å². The zero-order chi connectivity index (χ0) is 35.2. The fourth-order valence-electron chi connectivity index (χ4n) is 5.30. The molecular formula is C29H43N5O10S3. The van der Waals surface area contributed by atoms with E-state index in [2.05, 4.69) is 10.0 Å². The van der Waals surface area contributed by atoms with Crippen molar-refractivity contribution in [3.63, 3.8) is 0 Å². The van der Waals surface area contributed by atoms with Crippen LogP contribution in [0.15, 0.2) is 57.2 Å². The molecule has 2 atom stereocenters. The summed E-state index contributed by atoms with van der Waals surface area (Å²) in [6, 6.07) is 7.55. The number of anilines is 1. The number of carbonyl (C=O) groups is 1. The van der Waals surface area contributed by atoms with Crippen LogP contribution in [-0.2, 0) is 34.9 Å². The molecule has 1 fully saturated rings. The third-order valence-electron chi connectivity index (χ3n) is 7.47. The number of rotatable bonds is 11. The summed E-state index contributed by atoms with van der Waals surface area (Å²) in [5.41, 5.74) is -0.153. The van der Waals surface area contributed by atoms with Crippen molar-refractivity contribution in [2.75, 3.05) is 25.0 Å². The highest BCUT2D eigenvalue weighted by Crippen LogP contribution is 2.30. The molecule has 0 spiro atoms. The summed E-state index contributed by atoms with van der Waals surface area (Å²) in [5.74, 6) is -1.04. The number of hydrogen-bond acceptors (Lipinski definition) is 10. The van der Waals surface area contributed by atoms with Crippen LogP contribution in [0, 0.1) is 22.0 Å². The molecule has 1 saturated heterocycles. The molecule has 4 N–H and O–H groups in total.